The van der Waals surface area contributed by atoms with Crippen molar-refractivity contribution in [3.63, 3.8) is 0 Å². The lowest BCUT2D eigenvalue weighted by molar-refractivity contribution is -0.119. The minimum Gasteiger partial charge on any atom is -0.381 e. The van der Waals surface area contributed by atoms with Gasteiger partial charge in [0.1, 0.15) is 5.78 Å². The molecule has 0 unspecified atom stereocenters. The summed E-state index contributed by atoms with van der Waals surface area (Å²) in [5.74, 6) is 0.292. The number of carbonyl (C=O) groups excluding carboxylic acids is 1. The highest BCUT2D eigenvalue weighted by molar-refractivity contribution is 5.78. The fraction of sp³-hybridized carbons (Fsp3) is 0.917. The van der Waals surface area contributed by atoms with Crippen molar-refractivity contribution in [2.24, 2.45) is 5.41 Å². The molecule has 84 valence electrons. The zero-order valence-corrected chi connectivity index (χ0v) is 10.1. The molecule has 0 N–H and O–H groups in total. The Morgan fingerprint density at radius 3 is 2.36 bits per heavy atom. The molecule has 2 nitrogen and oxygen atoms in total. The first-order valence-corrected chi connectivity index (χ1v) is 5.55. The van der Waals surface area contributed by atoms with Crippen LogP contribution in [0.5, 0.6) is 0 Å². The summed E-state index contributed by atoms with van der Waals surface area (Å²) in [6, 6.07) is 0. The van der Waals surface area contributed by atoms with Crippen molar-refractivity contribution in [3.8, 4) is 0 Å². The van der Waals surface area contributed by atoms with Gasteiger partial charge in [-0.15, -0.1) is 0 Å². The van der Waals surface area contributed by atoms with Gasteiger partial charge in [-0.3, -0.25) is 4.79 Å². The highest BCUT2D eigenvalue weighted by Crippen LogP contribution is 2.20. The van der Waals surface area contributed by atoms with Gasteiger partial charge in [0.05, 0.1) is 6.61 Å². The molecule has 0 aliphatic rings. The maximum Gasteiger partial charge on any atom is 0.134 e. The Bertz CT molecular complexity index is 156. The molecule has 0 aromatic heterocycles. The van der Waals surface area contributed by atoms with Gasteiger partial charge in [-0.25, -0.2) is 0 Å². The Hall–Kier alpha value is -0.370. The standard InChI is InChI=1S/C12H24O2/c1-5-11(13)7-10-14-9-6-8-12(2,3)4/h5-10H2,1-4H3. The van der Waals surface area contributed by atoms with Crippen molar-refractivity contribution in [1.29, 1.82) is 0 Å². The van der Waals surface area contributed by atoms with Crippen LogP contribution in [-0.4, -0.2) is 19.0 Å². The van der Waals surface area contributed by atoms with E-state index in [9.17, 15) is 4.79 Å². The monoisotopic (exact) mass is 200 g/mol. The second-order valence-corrected chi connectivity index (χ2v) is 4.92. The van der Waals surface area contributed by atoms with E-state index in [0.717, 1.165) is 13.0 Å². The van der Waals surface area contributed by atoms with Crippen LogP contribution < -0.4 is 0 Å². The predicted octanol–water partition coefficient (Wildman–Crippen LogP) is 3.20. The molecule has 0 radical (unpaired) electrons. The van der Waals surface area contributed by atoms with Gasteiger partial charge < -0.3 is 4.74 Å². The van der Waals surface area contributed by atoms with Gasteiger partial charge in [0.15, 0.2) is 0 Å². The number of Topliss-reactive ketones (excluding diaryl/α,β-unsaturated/α-hetero) is 1. The molecule has 0 aliphatic carbocycles. The molecule has 14 heavy (non-hydrogen) atoms. The van der Waals surface area contributed by atoms with E-state index in [0.29, 0.717) is 30.6 Å². The first-order valence-electron chi connectivity index (χ1n) is 5.55. The molecule has 0 aliphatic heterocycles. The van der Waals surface area contributed by atoms with Crippen molar-refractivity contribution in [1.82, 2.24) is 0 Å². The number of rotatable bonds is 7. The van der Waals surface area contributed by atoms with Gasteiger partial charge in [0.25, 0.3) is 0 Å². The summed E-state index contributed by atoms with van der Waals surface area (Å²) in [5.41, 5.74) is 0.391. The van der Waals surface area contributed by atoms with Crippen LogP contribution in [0.1, 0.15) is 53.4 Å². The highest BCUT2D eigenvalue weighted by atomic mass is 16.5. The number of ether oxygens (including phenoxy) is 1. The number of hydrogen-bond donors (Lipinski definition) is 0. The first kappa shape index (κ1) is 13.6. The van der Waals surface area contributed by atoms with Crippen molar-refractivity contribution >= 4 is 5.78 Å². The molecule has 0 atom stereocenters. The van der Waals surface area contributed by atoms with Crippen LogP contribution in [0.2, 0.25) is 0 Å². The van der Waals surface area contributed by atoms with Gasteiger partial charge in [-0.2, -0.15) is 0 Å². The highest BCUT2D eigenvalue weighted by Gasteiger charge is 2.08. The van der Waals surface area contributed by atoms with Crippen LogP contribution in [0.4, 0.5) is 0 Å². The Morgan fingerprint density at radius 1 is 1.21 bits per heavy atom. The zero-order chi connectivity index (χ0) is 11.0. The summed E-state index contributed by atoms with van der Waals surface area (Å²) in [6.07, 6.45) is 3.47. The van der Waals surface area contributed by atoms with Crippen LogP contribution in [0.25, 0.3) is 0 Å². The van der Waals surface area contributed by atoms with Crippen LogP contribution in [0.15, 0.2) is 0 Å². The maximum absolute atomic E-state index is 10.9. The normalized spacial score (nSPS) is 11.7. The topological polar surface area (TPSA) is 26.3 Å². The van der Waals surface area contributed by atoms with Gasteiger partial charge in [-0.05, 0) is 18.3 Å². The smallest absolute Gasteiger partial charge is 0.134 e. The number of carbonyl (C=O) groups is 1. The molecule has 0 aromatic carbocycles. The number of hydrogen-bond acceptors (Lipinski definition) is 2. The van der Waals surface area contributed by atoms with E-state index in [2.05, 4.69) is 20.8 Å². The van der Waals surface area contributed by atoms with E-state index in [1.165, 1.54) is 6.42 Å². The summed E-state index contributed by atoms with van der Waals surface area (Å²) in [5, 5.41) is 0. The Kier molecular flexibility index (Phi) is 6.81. The van der Waals surface area contributed by atoms with Gasteiger partial charge in [0, 0.05) is 19.4 Å². The molecule has 0 rings (SSSR count). The van der Waals surface area contributed by atoms with E-state index < -0.39 is 0 Å². The van der Waals surface area contributed by atoms with Crippen molar-refractivity contribution in [2.45, 2.75) is 53.4 Å². The molecule has 0 bridgehead atoms. The lowest BCUT2D eigenvalue weighted by atomic mass is 9.91. The SMILES string of the molecule is CCC(=O)CCOCCCC(C)(C)C. The molecular weight excluding hydrogens is 176 g/mol. The largest absolute Gasteiger partial charge is 0.381 e. The minimum atomic E-state index is 0.292. The maximum atomic E-state index is 10.9. The molecule has 2 heteroatoms. The quantitative estimate of drug-likeness (QED) is 0.590. The average Bonchev–Trinajstić information content (AvgIpc) is 2.08. The third-order valence-electron chi connectivity index (χ3n) is 2.14. The van der Waals surface area contributed by atoms with E-state index in [4.69, 9.17) is 4.74 Å². The van der Waals surface area contributed by atoms with Crippen LogP contribution in [-0.2, 0) is 9.53 Å². The zero-order valence-electron chi connectivity index (χ0n) is 10.1. The Morgan fingerprint density at radius 2 is 1.86 bits per heavy atom. The van der Waals surface area contributed by atoms with Crippen molar-refractivity contribution < 1.29 is 9.53 Å². The third-order valence-corrected chi connectivity index (χ3v) is 2.14. The molecule has 0 spiro atoms. The van der Waals surface area contributed by atoms with Crippen LogP contribution in [0, 0.1) is 5.41 Å². The molecule has 0 amide bonds. The molecule has 0 aromatic rings. The van der Waals surface area contributed by atoms with Gasteiger partial charge >= 0.3 is 0 Å². The first-order chi connectivity index (χ1) is 6.45. The molecule has 0 fully saturated rings. The fourth-order valence-corrected chi connectivity index (χ4v) is 1.17. The minimum absolute atomic E-state index is 0.292. The van der Waals surface area contributed by atoms with E-state index >= 15 is 0 Å². The summed E-state index contributed by atoms with van der Waals surface area (Å²) in [7, 11) is 0. The third kappa shape index (κ3) is 9.72. The Balaban J connectivity index is 3.18. The van der Waals surface area contributed by atoms with Crippen molar-refractivity contribution in [2.75, 3.05) is 13.2 Å². The van der Waals surface area contributed by atoms with Crippen LogP contribution in [0.3, 0.4) is 0 Å². The molecular formula is C12H24O2. The summed E-state index contributed by atoms with van der Waals surface area (Å²) in [6.45, 7) is 9.96. The van der Waals surface area contributed by atoms with Crippen molar-refractivity contribution in [3.05, 3.63) is 0 Å². The summed E-state index contributed by atoms with van der Waals surface area (Å²) < 4.78 is 5.38. The van der Waals surface area contributed by atoms with Gasteiger partial charge in [0.2, 0.25) is 0 Å². The summed E-state index contributed by atoms with van der Waals surface area (Å²) in [4.78, 5) is 10.9. The molecule has 0 saturated carbocycles. The lowest BCUT2D eigenvalue weighted by Gasteiger charge is -2.17. The summed E-state index contributed by atoms with van der Waals surface area (Å²) >= 11 is 0. The average molecular weight is 200 g/mol. The second-order valence-electron chi connectivity index (χ2n) is 4.92. The lowest BCUT2D eigenvalue weighted by Crippen LogP contribution is -2.08. The number of ketones is 1. The van der Waals surface area contributed by atoms with E-state index in [-0.39, 0.29) is 0 Å². The second kappa shape index (κ2) is 6.99. The molecule has 0 heterocycles. The fourth-order valence-electron chi connectivity index (χ4n) is 1.17. The van der Waals surface area contributed by atoms with E-state index in [1.807, 2.05) is 6.92 Å². The Labute approximate surface area is 88.0 Å². The van der Waals surface area contributed by atoms with Crippen LogP contribution >= 0.6 is 0 Å². The van der Waals surface area contributed by atoms with Gasteiger partial charge in [-0.1, -0.05) is 27.7 Å². The predicted molar refractivity (Wildman–Crippen MR) is 59.4 cm³/mol. The molecule has 0 saturated heterocycles. The van der Waals surface area contributed by atoms with E-state index in [1.54, 1.807) is 0 Å².